The van der Waals surface area contributed by atoms with Crippen molar-refractivity contribution in [2.24, 2.45) is 0 Å². The second-order valence-electron chi connectivity index (χ2n) is 2.48. The van der Waals surface area contributed by atoms with Crippen molar-refractivity contribution < 1.29 is 9.47 Å². The lowest BCUT2D eigenvalue weighted by atomic mass is 10.1. The van der Waals surface area contributed by atoms with E-state index in [1.165, 1.54) is 5.56 Å². The van der Waals surface area contributed by atoms with E-state index in [4.69, 9.17) is 9.47 Å². The number of benzene rings is 1. The molecular weight excluding hydrogens is 152 g/mol. The third-order valence-electron chi connectivity index (χ3n) is 1.73. The van der Waals surface area contributed by atoms with Crippen molar-refractivity contribution in [1.82, 2.24) is 0 Å². The first-order valence-electron chi connectivity index (χ1n) is 3.94. The van der Waals surface area contributed by atoms with Gasteiger partial charge in [0.05, 0.1) is 20.3 Å². The molecule has 0 aliphatic heterocycles. The van der Waals surface area contributed by atoms with Gasteiger partial charge in [0.15, 0.2) is 0 Å². The molecule has 1 rings (SSSR count). The average Bonchev–Trinajstić information content (AvgIpc) is 2.16. The summed E-state index contributed by atoms with van der Waals surface area (Å²) in [5.74, 6) is 1.46. The molecule has 0 heterocycles. The van der Waals surface area contributed by atoms with Crippen molar-refractivity contribution in [3.63, 3.8) is 0 Å². The van der Waals surface area contributed by atoms with Crippen LogP contribution in [0.1, 0.15) is 12.5 Å². The van der Waals surface area contributed by atoms with Crippen LogP contribution in [0, 0.1) is 6.07 Å². The molecule has 1 aromatic carbocycles. The topological polar surface area (TPSA) is 18.5 Å². The Morgan fingerprint density at radius 2 is 1.67 bits per heavy atom. The molecule has 0 spiro atoms. The van der Waals surface area contributed by atoms with Gasteiger partial charge in [-0.3, -0.25) is 0 Å². The van der Waals surface area contributed by atoms with E-state index in [0.717, 1.165) is 17.9 Å². The summed E-state index contributed by atoms with van der Waals surface area (Å²) in [6.45, 7) is 2.09. The lowest BCUT2D eigenvalue weighted by Crippen LogP contribution is -1.90. The molecular formula is C10H13O2. The van der Waals surface area contributed by atoms with Crippen LogP contribution < -0.4 is 9.47 Å². The van der Waals surface area contributed by atoms with Gasteiger partial charge < -0.3 is 9.47 Å². The molecule has 0 saturated heterocycles. The van der Waals surface area contributed by atoms with E-state index in [2.05, 4.69) is 13.0 Å². The van der Waals surface area contributed by atoms with Crippen LogP contribution in [0.2, 0.25) is 0 Å². The minimum Gasteiger partial charge on any atom is -0.496 e. The maximum absolute atomic E-state index is 5.06. The third kappa shape index (κ3) is 1.91. The Balaban J connectivity index is 3.01. The first kappa shape index (κ1) is 8.91. The molecule has 0 aliphatic carbocycles. The number of ether oxygens (including phenoxy) is 2. The molecule has 0 saturated carbocycles. The van der Waals surface area contributed by atoms with Crippen molar-refractivity contribution in [2.75, 3.05) is 14.2 Å². The van der Waals surface area contributed by atoms with Crippen LogP contribution in [-0.4, -0.2) is 14.2 Å². The highest BCUT2D eigenvalue weighted by molar-refractivity contribution is 5.36. The SMILES string of the molecule is CCc1cc(OC)[c]c(OC)c1. The molecule has 12 heavy (non-hydrogen) atoms. The van der Waals surface area contributed by atoms with Gasteiger partial charge in [0.2, 0.25) is 0 Å². The van der Waals surface area contributed by atoms with Crippen LogP contribution in [0.3, 0.4) is 0 Å². The average molecular weight is 165 g/mol. The Kier molecular flexibility index (Phi) is 2.97. The molecule has 0 aromatic heterocycles. The fourth-order valence-corrected chi connectivity index (χ4v) is 0.996. The lowest BCUT2D eigenvalue weighted by molar-refractivity contribution is 0.392. The van der Waals surface area contributed by atoms with Gasteiger partial charge in [-0.05, 0) is 24.1 Å². The standard InChI is InChI=1S/C10H13O2/c1-4-8-5-9(11-2)7-10(6-8)12-3/h5-6H,4H2,1-3H3. The van der Waals surface area contributed by atoms with E-state index in [9.17, 15) is 0 Å². The van der Waals surface area contributed by atoms with E-state index in [1.54, 1.807) is 14.2 Å². The molecule has 65 valence electrons. The molecule has 0 aliphatic rings. The summed E-state index contributed by atoms with van der Waals surface area (Å²) >= 11 is 0. The molecule has 2 heteroatoms. The highest BCUT2D eigenvalue weighted by Gasteiger charge is 1.99. The van der Waals surface area contributed by atoms with E-state index in [1.807, 2.05) is 12.1 Å². The molecule has 0 amide bonds. The predicted molar refractivity (Wildman–Crippen MR) is 47.8 cm³/mol. The van der Waals surface area contributed by atoms with Crippen LogP contribution in [0.15, 0.2) is 12.1 Å². The molecule has 0 bridgehead atoms. The minimum atomic E-state index is 0.728. The van der Waals surface area contributed by atoms with Gasteiger partial charge in [0, 0.05) is 0 Å². The van der Waals surface area contributed by atoms with Gasteiger partial charge in [-0.15, -0.1) is 0 Å². The highest BCUT2D eigenvalue weighted by atomic mass is 16.5. The quantitative estimate of drug-likeness (QED) is 0.682. The Morgan fingerprint density at radius 3 is 2.00 bits per heavy atom. The minimum absolute atomic E-state index is 0.728. The zero-order chi connectivity index (χ0) is 8.97. The maximum atomic E-state index is 5.06. The molecule has 2 nitrogen and oxygen atoms in total. The Hall–Kier alpha value is -1.18. The fraction of sp³-hybridized carbons (Fsp3) is 0.400. The highest BCUT2D eigenvalue weighted by Crippen LogP contribution is 2.21. The summed E-state index contributed by atoms with van der Waals surface area (Å²) < 4.78 is 10.1. The van der Waals surface area contributed by atoms with Crippen molar-refractivity contribution in [1.29, 1.82) is 0 Å². The van der Waals surface area contributed by atoms with E-state index in [-0.39, 0.29) is 0 Å². The predicted octanol–water partition coefficient (Wildman–Crippen LogP) is 2.07. The van der Waals surface area contributed by atoms with Gasteiger partial charge in [0.25, 0.3) is 0 Å². The van der Waals surface area contributed by atoms with Gasteiger partial charge in [0.1, 0.15) is 11.5 Å². The monoisotopic (exact) mass is 165 g/mol. The Labute approximate surface area is 73.1 Å². The van der Waals surface area contributed by atoms with Crippen LogP contribution >= 0.6 is 0 Å². The fourth-order valence-electron chi connectivity index (χ4n) is 0.996. The summed E-state index contributed by atoms with van der Waals surface area (Å²) in [4.78, 5) is 0. The second-order valence-corrected chi connectivity index (χ2v) is 2.48. The van der Waals surface area contributed by atoms with Gasteiger partial charge in [-0.1, -0.05) is 6.92 Å². The summed E-state index contributed by atoms with van der Waals surface area (Å²) in [6.07, 6.45) is 0.974. The van der Waals surface area contributed by atoms with Crippen molar-refractivity contribution in [3.05, 3.63) is 23.8 Å². The van der Waals surface area contributed by atoms with Crippen LogP contribution in [0.25, 0.3) is 0 Å². The number of aryl methyl sites for hydroxylation is 1. The second kappa shape index (κ2) is 4.00. The third-order valence-corrected chi connectivity index (χ3v) is 1.73. The molecule has 0 atom stereocenters. The zero-order valence-electron chi connectivity index (χ0n) is 7.68. The smallest absolute Gasteiger partial charge is 0.130 e. The van der Waals surface area contributed by atoms with E-state index >= 15 is 0 Å². The number of hydrogen-bond donors (Lipinski definition) is 0. The molecule has 0 N–H and O–H groups in total. The molecule has 0 fully saturated rings. The van der Waals surface area contributed by atoms with Crippen LogP contribution in [-0.2, 0) is 6.42 Å². The van der Waals surface area contributed by atoms with E-state index < -0.39 is 0 Å². The van der Waals surface area contributed by atoms with Gasteiger partial charge in [-0.25, -0.2) is 0 Å². The summed E-state index contributed by atoms with van der Waals surface area (Å²) in [6, 6.07) is 6.90. The van der Waals surface area contributed by atoms with Crippen LogP contribution in [0.4, 0.5) is 0 Å². The molecule has 0 unspecified atom stereocenters. The zero-order valence-corrected chi connectivity index (χ0v) is 7.68. The largest absolute Gasteiger partial charge is 0.496 e. The number of hydrogen-bond acceptors (Lipinski definition) is 2. The number of rotatable bonds is 3. The first-order valence-corrected chi connectivity index (χ1v) is 3.94. The summed E-state index contributed by atoms with van der Waals surface area (Å²) in [5, 5.41) is 0. The maximum Gasteiger partial charge on any atom is 0.130 e. The van der Waals surface area contributed by atoms with Gasteiger partial charge >= 0.3 is 0 Å². The van der Waals surface area contributed by atoms with Crippen molar-refractivity contribution in [3.8, 4) is 11.5 Å². The Bertz CT molecular complexity index is 201. The van der Waals surface area contributed by atoms with Gasteiger partial charge in [-0.2, -0.15) is 0 Å². The van der Waals surface area contributed by atoms with Crippen molar-refractivity contribution in [2.45, 2.75) is 13.3 Å². The summed E-state index contributed by atoms with van der Waals surface area (Å²) in [7, 11) is 3.26. The van der Waals surface area contributed by atoms with E-state index in [0.29, 0.717) is 0 Å². The summed E-state index contributed by atoms with van der Waals surface area (Å²) in [5.41, 5.74) is 1.20. The number of methoxy groups -OCH3 is 2. The van der Waals surface area contributed by atoms with Crippen molar-refractivity contribution >= 4 is 0 Å². The molecule has 1 radical (unpaired) electrons. The van der Waals surface area contributed by atoms with Crippen LogP contribution in [0.5, 0.6) is 11.5 Å². The molecule has 1 aromatic rings. The lowest BCUT2D eigenvalue weighted by Gasteiger charge is -2.05. The first-order chi connectivity index (χ1) is 5.80. The normalized spacial score (nSPS) is 9.58. The Morgan fingerprint density at radius 1 is 1.17 bits per heavy atom.